The summed E-state index contributed by atoms with van der Waals surface area (Å²) in [6.45, 7) is 0.306. The Morgan fingerprint density at radius 1 is 1.06 bits per heavy atom. The highest BCUT2D eigenvalue weighted by atomic mass is 19.4. The van der Waals surface area contributed by atoms with Crippen molar-refractivity contribution in [1.29, 1.82) is 0 Å². The Labute approximate surface area is 204 Å². The summed E-state index contributed by atoms with van der Waals surface area (Å²) in [5.41, 5.74) is 0.898. The quantitative estimate of drug-likeness (QED) is 0.554. The summed E-state index contributed by atoms with van der Waals surface area (Å²) >= 11 is 0. The summed E-state index contributed by atoms with van der Waals surface area (Å²) in [5.74, 6) is 0.951. The third-order valence-electron chi connectivity index (χ3n) is 6.04. The van der Waals surface area contributed by atoms with E-state index in [1.165, 1.54) is 24.3 Å². The molecule has 1 amide bonds. The molecule has 0 saturated heterocycles. The first-order valence-electron chi connectivity index (χ1n) is 11.1. The number of methoxy groups -OCH3 is 1. The van der Waals surface area contributed by atoms with Gasteiger partial charge in [-0.25, -0.2) is 0 Å². The molecular weight excluding hydrogens is 477 g/mol. The predicted molar refractivity (Wildman–Crippen MR) is 123 cm³/mol. The van der Waals surface area contributed by atoms with Gasteiger partial charge in [-0.3, -0.25) is 9.78 Å². The third-order valence-corrected chi connectivity index (χ3v) is 6.04. The van der Waals surface area contributed by atoms with E-state index >= 15 is 0 Å². The molecule has 0 fully saturated rings. The van der Waals surface area contributed by atoms with Gasteiger partial charge >= 0.3 is 6.36 Å². The topological polar surface area (TPSA) is 78.9 Å². The molecule has 36 heavy (non-hydrogen) atoms. The van der Waals surface area contributed by atoms with Crippen LogP contribution in [0.4, 0.5) is 13.2 Å². The molecule has 7 nitrogen and oxygen atoms in total. The van der Waals surface area contributed by atoms with Crippen LogP contribution in [0.3, 0.4) is 0 Å². The van der Waals surface area contributed by atoms with Gasteiger partial charge in [-0.1, -0.05) is 12.1 Å². The number of nitrogens with zero attached hydrogens (tertiary/aromatic N) is 1. The zero-order valence-corrected chi connectivity index (χ0v) is 19.1. The monoisotopic (exact) mass is 498 g/mol. The average Bonchev–Trinajstić information content (AvgIpc) is 2.87. The van der Waals surface area contributed by atoms with Crippen LogP contribution < -0.4 is 24.3 Å². The van der Waals surface area contributed by atoms with Crippen LogP contribution in [0.2, 0.25) is 0 Å². The molecule has 1 N–H and O–H groups in total. The minimum absolute atomic E-state index is 0.0468. The maximum Gasteiger partial charge on any atom is 0.573 e. The molecule has 10 heteroatoms. The largest absolute Gasteiger partial charge is 0.573 e. The van der Waals surface area contributed by atoms with Crippen molar-refractivity contribution in [3.05, 3.63) is 83.2 Å². The fourth-order valence-corrected chi connectivity index (χ4v) is 4.36. The van der Waals surface area contributed by atoms with Crippen LogP contribution in [-0.2, 0) is 10.3 Å². The smallest absolute Gasteiger partial charge is 0.497 e. The van der Waals surface area contributed by atoms with E-state index in [4.69, 9.17) is 14.2 Å². The van der Waals surface area contributed by atoms with Crippen LogP contribution in [0.15, 0.2) is 66.4 Å². The molecule has 1 aromatic heterocycles. The maximum atomic E-state index is 13.5. The fourth-order valence-electron chi connectivity index (χ4n) is 4.36. The van der Waals surface area contributed by atoms with Gasteiger partial charge in [0.25, 0.3) is 5.91 Å². The minimum Gasteiger partial charge on any atom is -0.497 e. The van der Waals surface area contributed by atoms with Crippen LogP contribution in [0.1, 0.15) is 23.2 Å². The SMILES string of the molecule is COc1ccc2c(c1)C=C(C(=O)NC1(c3ccc(OC(F)(F)F)cc3)CCOc3cccnc31)CO2. The van der Waals surface area contributed by atoms with E-state index in [9.17, 15) is 18.0 Å². The molecule has 2 aliphatic rings. The molecule has 0 spiro atoms. The van der Waals surface area contributed by atoms with E-state index < -0.39 is 17.8 Å². The second-order valence-corrected chi connectivity index (χ2v) is 8.24. The summed E-state index contributed by atoms with van der Waals surface area (Å²) in [6, 6.07) is 14.1. The number of carbonyl (C=O) groups is 1. The Bertz CT molecular complexity index is 1320. The van der Waals surface area contributed by atoms with Crippen molar-refractivity contribution in [3.8, 4) is 23.0 Å². The van der Waals surface area contributed by atoms with E-state index in [2.05, 4.69) is 15.0 Å². The third kappa shape index (κ3) is 4.53. The first kappa shape index (κ1) is 23.5. The van der Waals surface area contributed by atoms with E-state index in [1.807, 2.05) is 0 Å². The van der Waals surface area contributed by atoms with E-state index in [0.717, 1.165) is 0 Å². The number of amides is 1. The van der Waals surface area contributed by atoms with Crippen molar-refractivity contribution in [2.45, 2.75) is 18.3 Å². The van der Waals surface area contributed by atoms with Crippen molar-refractivity contribution < 1.29 is 36.9 Å². The summed E-state index contributed by atoms with van der Waals surface area (Å²) in [4.78, 5) is 18.0. The number of fused-ring (bicyclic) bond motifs is 2. The fraction of sp³-hybridized carbons (Fsp3) is 0.231. The second-order valence-electron chi connectivity index (χ2n) is 8.24. The molecule has 3 aromatic rings. The van der Waals surface area contributed by atoms with Gasteiger partial charge < -0.3 is 24.3 Å². The Morgan fingerprint density at radius 3 is 2.58 bits per heavy atom. The molecule has 0 aliphatic carbocycles. The van der Waals surface area contributed by atoms with Crippen molar-refractivity contribution in [3.63, 3.8) is 0 Å². The van der Waals surface area contributed by atoms with Gasteiger partial charge in [0.15, 0.2) is 0 Å². The number of nitrogens with one attached hydrogen (secondary N) is 1. The van der Waals surface area contributed by atoms with Crippen LogP contribution >= 0.6 is 0 Å². The molecule has 0 saturated carbocycles. The predicted octanol–water partition coefficient (Wildman–Crippen LogP) is 4.61. The van der Waals surface area contributed by atoms with E-state index in [-0.39, 0.29) is 19.0 Å². The number of carbonyl (C=O) groups excluding carboxylic acids is 1. The molecule has 2 aliphatic heterocycles. The lowest BCUT2D eigenvalue weighted by Crippen LogP contribution is -2.51. The van der Waals surface area contributed by atoms with Gasteiger partial charge in [0.2, 0.25) is 0 Å². The van der Waals surface area contributed by atoms with E-state index in [1.54, 1.807) is 49.7 Å². The van der Waals surface area contributed by atoms with Crippen LogP contribution in [0, 0.1) is 0 Å². The van der Waals surface area contributed by atoms with Crippen molar-refractivity contribution >= 4 is 12.0 Å². The standard InChI is InChI=1S/C26H21F3N2O5/c1-33-20-8-9-21-16(14-20)13-17(15-35-21)24(32)31-25(10-12-34-22-3-2-11-30-23(22)25)18-4-6-19(7-5-18)36-26(27,28)29/h2-9,11,13-14H,10,12,15H2,1H3,(H,31,32). The molecule has 2 aromatic carbocycles. The maximum absolute atomic E-state index is 13.5. The number of hydrogen-bond acceptors (Lipinski definition) is 6. The lowest BCUT2D eigenvalue weighted by atomic mass is 9.81. The normalized spacial score (nSPS) is 18.5. The summed E-state index contributed by atoms with van der Waals surface area (Å²) in [6.07, 6.45) is -1.21. The molecule has 186 valence electrons. The molecule has 1 unspecified atom stereocenters. The van der Waals surface area contributed by atoms with Crippen molar-refractivity contribution in [2.75, 3.05) is 20.3 Å². The first-order valence-corrected chi connectivity index (χ1v) is 11.1. The Balaban J connectivity index is 1.52. The van der Waals surface area contributed by atoms with Gasteiger partial charge in [-0.2, -0.15) is 0 Å². The van der Waals surface area contributed by atoms with Gasteiger partial charge in [-0.15, -0.1) is 13.2 Å². The van der Waals surface area contributed by atoms with Gasteiger partial charge in [0, 0.05) is 18.2 Å². The van der Waals surface area contributed by atoms with Gasteiger partial charge in [0.1, 0.15) is 40.8 Å². The summed E-state index contributed by atoms with van der Waals surface area (Å²) in [7, 11) is 1.55. The van der Waals surface area contributed by atoms with Crippen LogP contribution in [0.5, 0.6) is 23.0 Å². The summed E-state index contributed by atoms with van der Waals surface area (Å²) < 4.78 is 58.8. The van der Waals surface area contributed by atoms with Crippen molar-refractivity contribution in [2.24, 2.45) is 0 Å². The number of rotatable bonds is 5. The van der Waals surface area contributed by atoms with E-state index in [0.29, 0.717) is 46.1 Å². The van der Waals surface area contributed by atoms with Crippen LogP contribution in [-0.4, -0.2) is 37.6 Å². The number of benzene rings is 2. The average molecular weight is 498 g/mol. The highest BCUT2D eigenvalue weighted by Gasteiger charge is 2.43. The number of hydrogen-bond donors (Lipinski definition) is 1. The number of pyridine rings is 1. The molecule has 0 radical (unpaired) electrons. The minimum atomic E-state index is -4.81. The number of aromatic nitrogens is 1. The Hall–Kier alpha value is -4.21. The lowest BCUT2D eigenvalue weighted by molar-refractivity contribution is -0.274. The zero-order valence-electron chi connectivity index (χ0n) is 19.1. The highest BCUT2D eigenvalue weighted by Crippen LogP contribution is 2.41. The second kappa shape index (κ2) is 9.10. The van der Waals surface area contributed by atoms with Gasteiger partial charge in [0.05, 0.1) is 19.3 Å². The lowest BCUT2D eigenvalue weighted by Gasteiger charge is -2.39. The molecule has 1 atom stereocenters. The van der Waals surface area contributed by atoms with Crippen LogP contribution in [0.25, 0.3) is 6.08 Å². The van der Waals surface area contributed by atoms with Crippen molar-refractivity contribution in [1.82, 2.24) is 10.3 Å². The highest BCUT2D eigenvalue weighted by molar-refractivity contribution is 6.00. The Morgan fingerprint density at radius 2 is 1.83 bits per heavy atom. The first-order chi connectivity index (χ1) is 17.3. The van der Waals surface area contributed by atoms with Gasteiger partial charge in [-0.05, 0) is 54.1 Å². The summed E-state index contributed by atoms with van der Waals surface area (Å²) in [5, 5.41) is 3.08. The molecule has 0 bridgehead atoms. The molecule has 5 rings (SSSR count). The number of ether oxygens (including phenoxy) is 4. The molecule has 3 heterocycles. The number of halogens is 3. The number of alkyl halides is 3. The zero-order chi connectivity index (χ0) is 25.3. The molecular formula is C26H21F3N2O5. The Kier molecular flexibility index (Phi) is 5.95.